The van der Waals surface area contributed by atoms with E-state index in [4.69, 9.17) is 5.73 Å². The molecule has 3 atom stereocenters. The SMILES string of the molecule is CC(C)C1CC2(N)CCC1C2. The van der Waals surface area contributed by atoms with E-state index in [0.29, 0.717) is 0 Å². The molecule has 3 unspecified atom stereocenters. The Labute approximate surface area is 69.4 Å². The van der Waals surface area contributed by atoms with E-state index >= 15 is 0 Å². The number of fused-ring (bicyclic) bond motifs is 2. The maximum absolute atomic E-state index is 6.23. The summed E-state index contributed by atoms with van der Waals surface area (Å²) >= 11 is 0. The van der Waals surface area contributed by atoms with Crippen LogP contribution < -0.4 is 5.73 Å². The minimum atomic E-state index is 0.263. The molecule has 0 aliphatic heterocycles. The maximum Gasteiger partial charge on any atom is 0.0160 e. The van der Waals surface area contributed by atoms with Gasteiger partial charge in [0.2, 0.25) is 0 Å². The van der Waals surface area contributed by atoms with Gasteiger partial charge in [-0.2, -0.15) is 0 Å². The zero-order chi connectivity index (χ0) is 8.06. The van der Waals surface area contributed by atoms with Gasteiger partial charge in [0, 0.05) is 5.54 Å². The zero-order valence-electron chi connectivity index (χ0n) is 7.64. The Hall–Kier alpha value is -0.0400. The Morgan fingerprint density at radius 3 is 2.36 bits per heavy atom. The maximum atomic E-state index is 6.23. The highest BCUT2D eigenvalue weighted by Crippen LogP contribution is 2.52. The highest BCUT2D eigenvalue weighted by atomic mass is 14.8. The van der Waals surface area contributed by atoms with Crippen LogP contribution in [0, 0.1) is 17.8 Å². The molecule has 0 radical (unpaired) electrons. The fourth-order valence-electron chi connectivity index (χ4n) is 3.17. The van der Waals surface area contributed by atoms with Gasteiger partial charge in [-0.3, -0.25) is 0 Å². The van der Waals surface area contributed by atoms with Crippen molar-refractivity contribution in [1.82, 2.24) is 0 Å². The normalized spacial score (nSPS) is 49.1. The van der Waals surface area contributed by atoms with Crippen LogP contribution in [0.25, 0.3) is 0 Å². The third kappa shape index (κ3) is 1.10. The average molecular weight is 153 g/mol. The number of nitrogens with two attached hydrogens (primary N) is 1. The first-order chi connectivity index (χ1) is 5.11. The first-order valence-corrected chi connectivity index (χ1v) is 4.90. The lowest BCUT2D eigenvalue weighted by Gasteiger charge is -2.28. The molecule has 64 valence electrons. The molecule has 2 aliphatic rings. The molecule has 2 rings (SSSR count). The summed E-state index contributed by atoms with van der Waals surface area (Å²) in [6, 6.07) is 0. The van der Waals surface area contributed by atoms with Gasteiger partial charge in [-0.15, -0.1) is 0 Å². The van der Waals surface area contributed by atoms with Gasteiger partial charge in [-0.1, -0.05) is 13.8 Å². The van der Waals surface area contributed by atoms with E-state index in [0.717, 1.165) is 17.8 Å². The molecule has 0 heterocycles. The van der Waals surface area contributed by atoms with Crippen molar-refractivity contribution in [2.24, 2.45) is 23.5 Å². The molecule has 0 saturated heterocycles. The molecule has 0 aromatic heterocycles. The summed E-state index contributed by atoms with van der Waals surface area (Å²) in [6.07, 6.45) is 5.31. The predicted octanol–water partition coefficient (Wildman–Crippen LogP) is 2.16. The molecule has 0 spiro atoms. The van der Waals surface area contributed by atoms with Crippen molar-refractivity contribution in [2.45, 2.75) is 45.1 Å². The molecule has 2 aliphatic carbocycles. The summed E-state index contributed by atoms with van der Waals surface area (Å²) in [5, 5.41) is 0. The van der Waals surface area contributed by atoms with Crippen molar-refractivity contribution < 1.29 is 0 Å². The Morgan fingerprint density at radius 2 is 2.09 bits per heavy atom. The monoisotopic (exact) mass is 153 g/mol. The molecule has 0 amide bonds. The van der Waals surface area contributed by atoms with Crippen molar-refractivity contribution in [3.05, 3.63) is 0 Å². The van der Waals surface area contributed by atoms with E-state index in [2.05, 4.69) is 13.8 Å². The van der Waals surface area contributed by atoms with Crippen LogP contribution in [0.15, 0.2) is 0 Å². The van der Waals surface area contributed by atoms with Crippen molar-refractivity contribution in [3.8, 4) is 0 Å². The Balaban J connectivity index is 2.10. The Morgan fingerprint density at radius 1 is 1.36 bits per heavy atom. The van der Waals surface area contributed by atoms with E-state index in [1.807, 2.05) is 0 Å². The predicted molar refractivity (Wildman–Crippen MR) is 47.2 cm³/mol. The van der Waals surface area contributed by atoms with Gasteiger partial charge in [-0.05, 0) is 43.4 Å². The van der Waals surface area contributed by atoms with E-state index in [1.165, 1.54) is 25.7 Å². The molecule has 2 saturated carbocycles. The number of hydrogen-bond acceptors (Lipinski definition) is 1. The van der Waals surface area contributed by atoms with Crippen LogP contribution in [0.3, 0.4) is 0 Å². The number of rotatable bonds is 1. The third-order valence-corrected chi connectivity index (χ3v) is 3.79. The standard InChI is InChI=1S/C10H19N/c1-7(2)9-6-10(11)4-3-8(9)5-10/h7-9H,3-6,11H2,1-2H3. The smallest absolute Gasteiger partial charge is 0.0160 e. The van der Waals surface area contributed by atoms with Gasteiger partial charge >= 0.3 is 0 Å². The van der Waals surface area contributed by atoms with E-state index < -0.39 is 0 Å². The molecule has 2 fully saturated rings. The Bertz CT molecular complexity index is 164. The summed E-state index contributed by atoms with van der Waals surface area (Å²) in [4.78, 5) is 0. The van der Waals surface area contributed by atoms with Gasteiger partial charge in [0.05, 0.1) is 0 Å². The summed E-state index contributed by atoms with van der Waals surface area (Å²) in [6.45, 7) is 4.68. The van der Waals surface area contributed by atoms with Gasteiger partial charge in [-0.25, -0.2) is 0 Å². The summed E-state index contributed by atoms with van der Waals surface area (Å²) in [5.41, 5.74) is 6.49. The van der Waals surface area contributed by atoms with Crippen molar-refractivity contribution >= 4 is 0 Å². The molecule has 0 aromatic rings. The Kier molecular flexibility index (Phi) is 1.54. The van der Waals surface area contributed by atoms with Crippen molar-refractivity contribution in [1.29, 1.82) is 0 Å². The molecule has 11 heavy (non-hydrogen) atoms. The van der Waals surface area contributed by atoms with Crippen LogP contribution in [-0.4, -0.2) is 5.54 Å². The zero-order valence-corrected chi connectivity index (χ0v) is 7.64. The van der Waals surface area contributed by atoms with Crippen LogP contribution in [0.4, 0.5) is 0 Å². The van der Waals surface area contributed by atoms with Gasteiger partial charge in [0.25, 0.3) is 0 Å². The second kappa shape index (κ2) is 2.22. The average Bonchev–Trinajstić information content (AvgIpc) is 2.41. The summed E-state index contributed by atoms with van der Waals surface area (Å²) in [5.74, 6) is 2.76. The topological polar surface area (TPSA) is 26.0 Å². The molecular weight excluding hydrogens is 134 g/mol. The minimum absolute atomic E-state index is 0.263. The third-order valence-electron chi connectivity index (χ3n) is 3.79. The van der Waals surface area contributed by atoms with E-state index in [9.17, 15) is 0 Å². The molecule has 0 aromatic carbocycles. The lowest BCUT2D eigenvalue weighted by molar-refractivity contribution is 0.244. The van der Waals surface area contributed by atoms with Crippen LogP contribution >= 0.6 is 0 Å². The van der Waals surface area contributed by atoms with Gasteiger partial charge < -0.3 is 5.73 Å². The minimum Gasteiger partial charge on any atom is -0.325 e. The van der Waals surface area contributed by atoms with Crippen LogP contribution in [0.5, 0.6) is 0 Å². The molecular formula is C10H19N. The fraction of sp³-hybridized carbons (Fsp3) is 1.00. The van der Waals surface area contributed by atoms with Gasteiger partial charge in [0.15, 0.2) is 0 Å². The fourth-order valence-corrected chi connectivity index (χ4v) is 3.17. The second-order valence-corrected chi connectivity index (χ2v) is 4.98. The largest absolute Gasteiger partial charge is 0.325 e. The first kappa shape index (κ1) is 7.60. The number of hydrogen-bond donors (Lipinski definition) is 1. The lowest BCUT2D eigenvalue weighted by atomic mass is 9.79. The summed E-state index contributed by atoms with van der Waals surface area (Å²) < 4.78 is 0. The van der Waals surface area contributed by atoms with E-state index in [-0.39, 0.29) is 5.54 Å². The van der Waals surface area contributed by atoms with Crippen LogP contribution in [-0.2, 0) is 0 Å². The molecule has 1 heteroatoms. The molecule has 2 N–H and O–H groups in total. The van der Waals surface area contributed by atoms with Crippen LogP contribution in [0.2, 0.25) is 0 Å². The quantitative estimate of drug-likeness (QED) is 0.614. The highest BCUT2D eigenvalue weighted by molar-refractivity contribution is 5.04. The van der Waals surface area contributed by atoms with E-state index in [1.54, 1.807) is 0 Å². The van der Waals surface area contributed by atoms with Crippen LogP contribution in [0.1, 0.15) is 39.5 Å². The van der Waals surface area contributed by atoms with Crippen molar-refractivity contribution in [3.63, 3.8) is 0 Å². The second-order valence-electron chi connectivity index (χ2n) is 4.98. The highest BCUT2D eigenvalue weighted by Gasteiger charge is 2.48. The first-order valence-electron chi connectivity index (χ1n) is 4.90. The lowest BCUT2D eigenvalue weighted by Crippen LogP contribution is -2.36. The van der Waals surface area contributed by atoms with Gasteiger partial charge in [0.1, 0.15) is 0 Å². The van der Waals surface area contributed by atoms with Crippen molar-refractivity contribution in [2.75, 3.05) is 0 Å². The summed E-state index contributed by atoms with van der Waals surface area (Å²) in [7, 11) is 0. The molecule has 1 nitrogen and oxygen atoms in total. The molecule has 2 bridgehead atoms.